The molecule has 33 heavy (non-hydrogen) atoms. The van der Waals surface area contributed by atoms with E-state index in [9.17, 15) is 18.0 Å². The van der Waals surface area contributed by atoms with E-state index in [1.165, 1.54) is 24.3 Å². The Bertz CT molecular complexity index is 1360. The van der Waals surface area contributed by atoms with Gasteiger partial charge >= 0.3 is 0 Å². The highest BCUT2D eigenvalue weighted by molar-refractivity contribution is 6.05. The monoisotopic (exact) mass is 451 g/mol. The largest absolute Gasteiger partial charge is 0.493 e. The van der Waals surface area contributed by atoms with Crippen LogP contribution >= 0.6 is 0 Å². The predicted octanol–water partition coefficient (Wildman–Crippen LogP) is 6.96. The first kappa shape index (κ1) is 22.2. The number of carbonyl (C=O) groups excluding carboxylic acids is 1. The van der Waals surface area contributed by atoms with E-state index in [1.807, 2.05) is 13.0 Å². The van der Waals surface area contributed by atoms with Crippen molar-refractivity contribution >= 4 is 28.1 Å². The number of halogens is 3. The molecule has 7 heteroatoms. The summed E-state index contributed by atoms with van der Waals surface area (Å²) in [5.74, 6) is -2.36. The molecule has 3 aromatic carbocycles. The number of nitrogens with one attached hydrogen (secondary N) is 1. The molecule has 168 valence electrons. The molecule has 1 N–H and O–H groups in total. The van der Waals surface area contributed by atoms with E-state index >= 15 is 0 Å². The molecule has 4 aromatic rings. The number of allylic oxidation sites excluding steroid dienone is 1. The van der Waals surface area contributed by atoms with Gasteiger partial charge in [0.05, 0.1) is 12.9 Å². The second-order valence-electron chi connectivity index (χ2n) is 7.38. The number of benzene rings is 3. The molecule has 1 amide bonds. The van der Waals surface area contributed by atoms with Gasteiger partial charge in [0.2, 0.25) is 5.91 Å². The molecule has 1 heterocycles. The van der Waals surface area contributed by atoms with Crippen molar-refractivity contribution in [3.63, 3.8) is 0 Å². The number of hydrogen-bond donors (Lipinski definition) is 1. The normalized spacial score (nSPS) is 11.6. The van der Waals surface area contributed by atoms with E-state index in [0.29, 0.717) is 29.1 Å². The molecular weight excluding hydrogens is 431 g/mol. The van der Waals surface area contributed by atoms with Crippen LogP contribution in [0.3, 0.4) is 0 Å². The lowest BCUT2D eigenvalue weighted by Crippen LogP contribution is -2.09. The Morgan fingerprint density at radius 3 is 2.48 bits per heavy atom. The molecular formula is C26H20F3NO3. The lowest BCUT2D eigenvalue weighted by Gasteiger charge is -2.12. The van der Waals surface area contributed by atoms with Crippen LogP contribution in [-0.4, -0.2) is 12.5 Å². The lowest BCUT2D eigenvalue weighted by molar-refractivity contribution is -0.111. The Kier molecular flexibility index (Phi) is 6.22. The average molecular weight is 451 g/mol. The molecule has 4 rings (SSSR count). The summed E-state index contributed by atoms with van der Waals surface area (Å²) in [6.07, 6.45) is 2.94. The molecule has 0 fully saturated rings. The van der Waals surface area contributed by atoms with Crippen LogP contribution in [-0.2, 0) is 4.79 Å². The second kappa shape index (κ2) is 9.24. The molecule has 0 aliphatic rings. The third kappa shape index (κ3) is 4.77. The Hall–Kier alpha value is -4.00. The molecule has 0 radical (unpaired) electrons. The Balaban J connectivity index is 1.71. The summed E-state index contributed by atoms with van der Waals surface area (Å²) in [4.78, 5) is 12.5. The van der Waals surface area contributed by atoms with E-state index < -0.39 is 17.5 Å². The van der Waals surface area contributed by atoms with Crippen LogP contribution in [0.15, 0.2) is 71.4 Å². The molecule has 0 aliphatic heterocycles. The van der Waals surface area contributed by atoms with E-state index in [2.05, 4.69) is 5.32 Å². The van der Waals surface area contributed by atoms with Crippen molar-refractivity contribution in [3.8, 4) is 16.9 Å². The van der Waals surface area contributed by atoms with Gasteiger partial charge < -0.3 is 14.5 Å². The van der Waals surface area contributed by atoms with Crippen molar-refractivity contribution in [2.45, 2.75) is 13.8 Å². The Morgan fingerprint density at radius 2 is 1.79 bits per heavy atom. The van der Waals surface area contributed by atoms with Gasteiger partial charge in [-0.15, -0.1) is 0 Å². The van der Waals surface area contributed by atoms with Crippen LogP contribution in [0.2, 0.25) is 0 Å². The van der Waals surface area contributed by atoms with Crippen LogP contribution in [0, 0.1) is 17.5 Å². The van der Waals surface area contributed by atoms with Gasteiger partial charge in [-0.25, -0.2) is 13.2 Å². The minimum Gasteiger partial charge on any atom is -0.493 e. The van der Waals surface area contributed by atoms with E-state index in [0.717, 1.165) is 28.6 Å². The van der Waals surface area contributed by atoms with Gasteiger partial charge in [0.1, 0.15) is 17.1 Å². The first-order valence-corrected chi connectivity index (χ1v) is 10.2. The van der Waals surface area contributed by atoms with E-state index in [-0.39, 0.29) is 11.5 Å². The number of rotatable bonds is 6. The summed E-state index contributed by atoms with van der Waals surface area (Å²) < 4.78 is 51.3. The molecule has 1 aromatic heterocycles. The molecule has 0 unspecified atom stereocenters. The number of ether oxygens (including phenoxy) is 1. The Morgan fingerprint density at radius 1 is 1.03 bits per heavy atom. The van der Waals surface area contributed by atoms with Crippen molar-refractivity contribution in [1.82, 2.24) is 0 Å². The van der Waals surface area contributed by atoms with Gasteiger partial charge in [-0.3, -0.25) is 4.79 Å². The van der Waals surface area contributed by atoms with Gasteiger partial charge in [-0.1, -0.05) is 12.1 Å². The fourth-order valence-corrected chi connectivity index (χ4v) is 3.52. The van der Waals surface area contributed by atoms with Gasteiger partial charge in [0.15, 0.2) is 11.6 Å². The standard InChI is InChI=1S/C26H20F3NO3/c1-3-32-24-13-25-20(21(14-33-25)16-4-6-17(27)7-5-16)12-19(24)15(2)10-26(31)30-18-8-9-22(28)23(29)11-18/h4-14H,3H2,1-2H3,(H,30,31)/b15-10+. The van der Waals surface area contributed by atoms with Gasteiger partial charge in [0.25, 0.3) is 0 Å². The average Bonchev–Trinajstić information content (AvgIpc) is 3.19. The van der Waals surface area contributed by atoms with Gasteiger partial charge in [-0.2, -0.15) is 0 Å². The van der Waals surface area contributed by atoms with Crippen molar-refractivity contribution in [2.75, 3.05) is 11.9 Å². The summed E-state index contributed by atoms with van der Waals surface area (Å²) in [5, 5.41) is 3.29. The van der Waals surface area contributed by atoms with Crippen LogP contribution in [0.25, 0.3) is 27.7 Å². The summed E-state index contributed by atoms with van der Waals surface area (Å²) in [6, 6.07) is 12.8. The third-order valence-corrected chi connectivity index (χ3v) is 5.09. The topological polar surface area (TPSA) is 51.5 Å². The molecule has 4 nitrogen and oxygen atoms in total. The maximum Gasteiger partial charge on any atom is 0.248 e. The number of anilines is 1. The number of hydrogen-bond acceptors (Lipinski definition) is 3. The second-order valence-corrected chi connectivity index (χ2v) is 7.38. The number of fused-ring (bicyclic) bond motifs is 1. The maximum atomic E-state index is 13.4. The molecule has 0 saturated carbocycles. The summed E-state index contributed by atoms with van der Waals surface area (Å²) in [7, 11) is 0. The molecule has 0 atom stereocenters. The fourth-order valence-electron chi connectivity index (χ4n) is 3.52. The van der Waals surface area contributed by atoms with Crippen molar-refractivity contribution in [1.29, 1.82) is 0 Å². The molecule has 0 aliphatic carbocycles. The SMILES string of the molecule is CCOc1cc2occ(-c3ccc(F)cc3)c2cc1/C(C)=C/C(=O)Nc1ccc(F)c(F)c1. The van der Waals surface area contributed by atoms with Crippen LogP contribution < -0.4 is 10.1 Å². The third-order valence-electron chi connectivity index (χ3n) is 5.09. The highest BCUT2D eigenvalue weighted by Crippen LogP contribution is 2.37. The summed E-state index contributed by atoms with van der Waals surface area (Å²) in [5.41, 5.74) is 3.52. The Labute approximate surface area is 188 Å². The summed E-state index contributed by atoms with van der Waals surface area (Å²) in [6.45, 7) is 3.99. The maximum absolute atomic E-state index is 13.4. The predicted molar refractivity (Wildman–Crippen MR) is 121 cm³/mol. The van der Waals surface area contributed by atoms with Gasteiger partial charge in [0, 0.05) is 40.4 Å². The zero-order valence-electron chi connectivity index (χ0n) is 17.9. The van der Waals surface area contributed by atoms with Gasteiger partial charge in [-0.05, 0) is 55.3 Å². The molecule has 0 spiro atoms. The molecule has 0 saturated heterocycles. The van der Waals surface area contributed by atoms with E-state index in [1.54, 1.807) is 31.4 Å². The molecule has 0 bridgehead atoms. The first-order valence-electron chi connectivity index (χ1n) is 10.2. The van der Waals surface area contributed by atoms with Crippen LogP contribution in [0.5, 0.6) is 5.75 Å². The van der Waals surface area contributed by atoms with Crippen molar-refractivity contribution < 1.29 is 27.1 Å². The summed E-state index contributed by atoms with van der Waals surface area (Å²) >= 11 is 0. The zero-order chi connectivity index (χ0) is 23.5. The number of amides is 1. The highest BCUT2D eigenvalue weighted by atomic mass is 19.2. The lowest BCUT2D eigenvalue weighted by atomic mass is 9.99. The minimum atomic E-state index is -1.05. The van der Waals surface area contributed by atoms with Crippen LogP contribution in [0.4, 0.5) is 18.9 Å². The van der Waals surface area contributed by atoms with Crippen molar-refractivity contribution in [3.05, 3.63) is 90.0 Å². The number of furan rings is 1. The fraction of sp³-hybridized carbons (Fsp3) is 0.115. The number of carbonyl (C=O) groups is 1. The quantitative estimate of drug-likeness (QED) is 0.323. The smallest absolute Gasteiger partial charge is 0.248 e. The zero-order valence-corrected chi connectivity index (χ0v) is 17.9. The van der Waals surface area contributed by atoms with E-state index in [4.69, 9.17) is 9.15 Å². The van der Waals surface area contributed by atoms with Crippen molar-refractivity contribution in [2.24, 2.45) is 0 Å². The minimum absolute atomic E-state index is 0.136. The van der Waals surface area contributed by atoms with Crippen LogP contribution in [0.1, 0.15) is 19.4 Å². The highest BCUT2D eigenvalue weighted by Gasteiger charge is 2.15. The first-order chi connectivity index (χ1) is 15.9.